The highest BCUT2D eigenvalue weighted by Crippen LogP contribution is 2.29. The second-order valence-electron chi connectivity index (χ2n) is 7.92. The first-order valence-corrected chi connectivity index (χ1v) is 12.5. The summed E-state index contributed by atoms with van der Waals surface area (Å²) in [6, 6.07) is -0.280. The maximum Gasteiger partial charge on any atom is 0.254 e. The van der Waals surface area contributed by atoms with Crippen LogP contribution in [0.3, 0.4) is 0 Å². The summed E-state index contributed by atoms with van der Waals surface area (Å²) in [4.78, 5) is 37.2. The molecule has 30 heavy (non-hydrogen) atoms. The van der Waals surface area contributed by atoms with E-state index in [1.807, 2.05) is 18.7 Å². The maximum absolute atomic E-state index is 13.0. The third kappa shape index (κ3) is 4.76. The van der Waals surface area contributed by atoms with Gasteiger partial charge in [-0.1, -0.05) is 13.8 Å². The Bertz CT molecular complexity index is 926. The highest BCUT2D eigenvalue weighted by atomic mass is 32.2. The molecule has 1 amide bonds. The molecule has 0 saturated carbocycles. The predicted molar refractivity (Wildman–Crippen MR) is 115 cm³/mol. The van der Waals surface area contributed by atoms with Gasteiger partial charge in [0.15, 0.2) is 0 Å². The number of piperidine rings is 1. The molecule has 0 radical (unpaired) electrons. The van der Waals surface area contributed by atoms with Crippen LogP contribution in [-0.2, 0) is 27.8 Å². The Kier molecular flexibility index (Phi) is 7.30. The number of hydrogen-bond acceptors (Lipinski definition) is 6. The first-order valence-electron chi connectivity index (χ1n) is 10.9. The van der Waals surface area contributed by atoms with E-state index >= 15 is 0 Å². The van der Waals surface area contributed by atoms with Crippen LogP contribution in [0.5, 0.6) is 0 Å². The van der Waals surface area contributed by atoms with E-state index in [2.05, 4.69) is 14.9 Å². The molecular weight excluding hydrogens is 406 g/mol. The number of sulfonamides is 1. The molecule has 3 rings (SSSR count). The van der Waals surface area contributed by atoms with Crippen LogP contribution in [0.25, 0.3) is 0 Å². The number of amides is 1. The Hall–Kier alpha value is -1.78. The summed E-state index contributed by atoms with van der Waals surface area (Å²) in [7, 11) is -3.35. The monoisotopic (exact) mass is 439 g/mol. The summed E-state index contributed by atoms with van der Waals surface area (Å²) in [5, 5.41) is 0. The van der Waals surface area contributed by atoms with Gasteiger partial charge in [0.05, 0.1) is 30.6 Å². The molecule has 2 aliphatic heterocycles. The van der Waals surface area contributed by atoms with E-state index < -0.39 is 10.0 Å². The predicted octanol–water partition coefficient (Wildman–Crippen LogP) is 0.873. The van der Waals surface area contributed by atoms with Crippen LogP contribution >= 0.6 is 0 Å². The summed E-state index contributed by atoms with van der Waals surface area (Å²) in [5.74, 6) is 0.537. The number of fused-ring (bicyclic) bond motifs is 1. The summed E-state index contributed by atoms with van der Waals surface area (Å²) < 4.78 is 26.0. The van der Waals surface area contributed by atoms with E-state index in [4.69, 9.17) is 0 Å². The van der Waals surface area contributed by atoms with Crippen molar-refractivity contribution in [1.82, 2.24) is 24.1 Å². The summed E-state index contributed by atoms with van der Waals surface area (Å²) in [6.07, 6.45) is 2.98. The van der Waals surface area contributed by atoms with Gasteiger partial charge in [0.2, 0.25) is 15.9 Å². The first kappa shape index (κ1) is 22.9. The SMILES string of the molecule is CCN(CC)CC(=O)N1CCCC[C@H]1c1nc2c(c(=O)[nH]1)CCN(S(=O)(=O)CC)C2. The van der Waals surface area contributed by atoms with Crippen molar-refractivity contribution in [1.29, 1.82) is 0 Å². The van der Waals surface area contributed by atoms with Gasteiger partial charge in [-0.15, -0.1) is 0 Å². The molecule has 9 nitrogen and oxygen atoms in total. The average Bonchev–Trinajstić information content (AvgIpc) is 2.76. The smallest absolute Gasteiger partial charge is 0.254 e. The molecule has 0 aliphatic carbocycles. The first-order chi connectivity index (χ1) is 14.3. The van der Waals surface area contributed by atoms with Crippen molar-refractivity contribution in [2.75, 3.05) is 38.5 Å². The van der Waals surface area contributed by atoms with Gasteiger partial charge < -0.3 is 9.88 Å². The minimum atomic E-state index is -3.35. The lowest BCUT2D eigenvalue weighted by molar-refractivity contribution is -0.136. The lowest BCUT2D eigenvalue weighted by Crippen LogP contribution is -2.46. The van der Waals surface area contributed by atoms with Gasteiger partial charge in [0.1, 0.15) is 5.82 Å². The van der Waals surface area contributed by atoms with Crippen LogP contribution in [0.15, 0.2) is 4.79 Å². The van der Waals surface area contributed by atoms with Gasteiger partial charge in [-0.25, -0.2) is 13.4 Å². The molecule has 0 aromatic carbocycles. The number of aromatic amines is 1. The van der Waals surface area contributed by atoms with E-state index in [9.17, 15) is 18.0 Å². The summed E-state index contributed by atoms with van der Waals surface area (Å²) in [5.41, 5.74) is 0.849. The van der Waals surface area contributed by atoms with Crippen molar-refractivity contribution in [2.45, 2.75) is 59.0 Å². The fourth-order valence-corrected chi connectivity index (χ4v) is 5.31. The van der Waals surface area contributed by atoms with Crippen LogP contribution in [-0.4, -0.2) is 76.9 Å². The van der Waals surface area contributed by atoms with Gasteiger partial charge in [-0.3, -0.25) is 14.5 Å². The van der Waals surface area contributed by atoms with Gasteiger partial charge >= 0.3 is 0 Å². The number of H-pyrrole nitrogens is 1. The molecule has 10 heteroatoms. The van der Waals surface area contributed by atoms with E-state index in [1.165, 1.54) is 4.31 Å². The van der Waals surface area contributed by atoms with Gasteiger partial charge in [-0.2, -0.15) is 4.31 Å². The number of likely N-dealkylation sites (tertiary alicyclic amines) is 1. The molecule has 0 spiro atoms. The van der Waals surface area contributed by atoms with Crippen LogP contribution in [0, 0.1) is 0 Å². The van der Waals surface area contributed by atoms with Crippen LogP contribution in [0.4, 0.5) is 0 Å². The number of carbonyl (C=O) groups is 1. The number of nitrogens with zero attached hydrogens (tertiary/aromatic N) is 4. The molecule has 1 N–H and O–H groups in total. The van der Waals surface area contributed by atoms with Crippen molar-refractivity contribution in [3.63, 3.8) is 0 Å². The van der Waals surface area contributed by atoms with Crippen molar-refractivity contribution < 1.29 is 13.2 Å². The fourth-order valence-electron chi connectivity index (χ4n) is 4.26. The summed E-state index contributed by atoms with van der Waals surface area (Å²) in [6.45, 7) is 8.68. The molecule has 168 valence electrons. The zero-order chi connectivity index (χ0) is 21.9. The summed E-state index contributed by atoms with van der Waals surface area (Å²) >= 11 is 0. The Morgan fingerprint density at radius 3 is 2.60 bits per heavy atom. The lowest BCUT2D eigenvalue weighted by atomic mass is 10.00. The normalized spacial score (nSPS) is 20.4. The molecule has 1 atom stereocenters. The van der Waals surface area contributed by atoms with Gasteiger partial charge in [-0.05, 0) is 45.7 Å². The number of likely N-dealkylation sites (N-methyl/N-ethyl adjacent to an activating group) is 1. The lowest BCUT2D eigenvalue weighted by Gasteiger charge is -2.36. The molecule has 0 unspecified atom stereocenters. The number of hydrogen-bond donors (Lipinski definition) is 1. The minimum absolute atomic E-state index is 0.0225. The third-order valence-corrected chi connectivity index (χ3v) is 8.04. The van der Waals surface area contributed by atoms with E-state index in [0.29, 0.717) is 43.1 Å². The third-order valence-electron chi connectivity index (χ3n) is 6.21. The van der Waals surface area contributed by atoms with E-state index in [1.54, 1.807) is 6.92 Å². The molecule has 3 heterocycles. The van der Waals surface area contributed by atoms with Crippen LogP contribution < -0.4 is 5.56 Å². The highest BCUT2D eigenvalue weighted by Gasteiger charge is 2.33. The van der Waals surface area contributed by atoms with Gasteiger partial charge in [0, 0.05) is 18.7 Å². The number of nitrogens with one attached hydrogen (secondary N) is 1. The number of aromatic nitrogens is 2. The van der Waals surface area contributed by atoms with Gasteiger partial charge in [0.25, 0.3) is 5.56 Å². The topological polar surface area (TPSA) is 107 Å². The second kappa shape index (κ2) is 9.57. The Morgan fingerprint density at radius 1 is 1.20 bits per heavy atom. The Labute approximate surface area is 178 Å². The molecule has 2 aliphatic rings. The number of carbonyl (C=O) groups excluding carboxylic acids is 1. The molecule has 1 aromatic heterocycles. The van der Waals surface area contributed by atoms with Crippen molar-refractivity contribution in [3.05, 3.63) is 27.4 Å². The number of rotatable bonds is 7. The largest absolute Gasteiger partial charge is 0.331 e. The highest BCUT2D eigenvalue weighted by molar-refractivity contribution is 7.89. The second-order valence-corrected chi connectivity index (χ2v) is 10.2. The Balaban J connectivity index is 1.89. The quantitative estimate of drug-likeness (QED) is 0.676. The maximum atomic E-state index is 13.0. The fraction of sp³-hybridized carbons (Fsp3) is 0.750. The minimum Gasteiger partial charge on any atom is -0.331 e. The van der Waals surface area contributed by atoms with Crippen molar-refractivity contribution in [2.24, 2.45) is 0 Å². The zero-order valence-corrected chi connectivity index (χ0v) is 19.0. The molecule has 0 bridgehead atoms. The molecule has 1 fully saturated rings. The van der Waals surface area contributed by atoms with Crippen LogP contribution in [0.2, 0.25) is 0 Å². The molecule has 1 saturated heterocycles. The molecule has 1 aromatic rings. The zero-order valence-electron chi connectivity index (χ0n) is 18.2. The average molecular weight is 440 g/mol. The van der Waals surface area contributed by atoms with Crippen molar-refractivity contribution >= 4 is 15.9 Å². The molecular formula is C20H33N5O4S. The standard InChI is InChI=1S/C20H33N5O4S/c1-4-23(5-2)14-18(26)25-11-8-7-9-17(25)19-21-16-13-24(30(28,29)6-3)12-10-15(16)20(27)22-19/h17H,4-14H2,1-3H3,(H,21,22,27)/t17-/m0/s1. The Morgan fingerprint density at radius 2 is 1.93 bits per heavy atom. The van der Waals surface area contributed by atoms with E-state index in [-0.39, 0.29) is 29.8 Å². The van der Waals surface area contributed by atoms with Crippen LogP contribution in [0.1, 0.15) is 63.2 Å². The van der Waals surface area contributed by atoms with E-state index in [0.717, 1.165) is 32.4 Å². The van der Waals surface area contributed by atoms with Crippen molar-refractivity contribution in [3.8, 4) is 0 Å².